The Morgan fingerprint density at radius 1 is 1.24 bits per heavy atom. The van der Waals surface area contributed by atoms with Crippen molar-refractivity contribution in [2.24, 2.45) is 0 Å². The van der Waals surface area contributed by atoms with E-state index in [-0.39, 0.29) is 12.5 Å². The van der Waals surface area contributed by atoms with Crippen LogP contribution in [0.25, 0.3) is 0 Å². The minimum Gasteiger partial charge on any atom is -0.485 e. The lowest BCUT2D eigenvalue weighted by molar-refractivity contribution is -0.125. The van der Waals surface area contributed by atoms with Crippen molar-refractivity contribution in [2.45, 2.75) is 13.0 Å². The molecule has 21 heavy (non-hydrogen) atoms. The summed E-state index contributed by atoms with van der Waals surface area (Å²) in [5, 5.41) is 2.85. The number of anilines is 1. The number of nitrogens with one attached hydrogen (secondary N) is 1. The van der Waals surface area contributed by atoms with Crippen LogP contribution >= 0.6 is 15.9 Å². The van der Waals surface area contributed by atoms with Gasteiger partial charge >= 0.3 is 0 Å². The second kappa shape index (κ2) is 5.77. The van der Waals surface area contributed by atoms with Gasteiger partial charge in [-0.2, -0.15) is 0 Å². The van der Waals surface area contributed by atoms with Gasteiger partial charge in [-0.15, -0.1) is 0 Å². The number of benzene rings is 2. The molecule has 1 aliphatic heterocycles. The second-order valence-electron chi connectivity index (χ2n) is 4.82. The third kappa shape index (κ3) is 3.03. The molecule has 0 fully saturated rings. The van der Waals surface area contributed by atoms with Gasteiger partial charge in [0.25, 0.3) is 5.91 Å². The lowest BCUT2D eigenvalue weighted by Gasteiger charge is -2.25. The number of hydrogen-bond acceptors (Lipinski definition) is 3. The van der Waals surface area contributed by atoms with E-state index < -0.39 is 6.10 Å². The normalized spacial score (nSPS) is 16.4. The highest BCUT2D eigenvalue weighted by molar-refractivity contribution is 9.10. The van der Waals surface area contributed by atoms with Gasteiger partial charge in [0.1, 0.15) is 6.61 Å². The topological polar surface area (TPSA) is 47.6 Å². The zero-order valence-electron chi connectivity index (χ0n) is 11.4. The van der Waals surface area contributed by atoms with Gasteiger partial charge in [-0.05, 0) is 42.8 Å². The largest absolute Gasteiger partial charge is 0.485 e. The third-order valence-corrected chi connectivity index (χ3v) is 4.12. The van der Waals surface area contributed by atoms with E-state index in [0.29, 0.717) is 11.5 Å². The average Bonchev–Trinajstić information content (AvgIpc) is 2.50. The lowest BCUT2D eigenvalue weighted by atomic mass is 10.2. The summed E-state index contributed by atoms with van der Waals surface area (Å²) in [7, 11) is 0. The molecule has 1 heterocycles. The minimum absolute atomic E-state index is 0.207. The summed E-state index contributed by atoms with van der Waals surface area (Å²) in [5.74, 6) is 1.04. The monoisotopic (exact) mass is 347 g/mol. The smallest absolute Gasteiger partial charge is 0.269 e. The lowest BCUT2D eigenvalue weighted by Crippen LogP contribution is -2.40. The highest BCUT2D eigenvalue weighted by Crippen LogP contribution is 2.31. The van der Waals surface area contributed by atoms with E-state index in [0.717, 1.165) is 15.7 Å². The molecule has 1 unspecified atom stereocenters. The van der Waals surface area contributed by atoms with Crippen LogP contribution in [0, 0.1) is 6.92 Å². The third-order valence-electron chi connectivity index (χ3n) is 3.23. The molecule has 0 radical (unpaired) electrons. The molecule has 0 saturated carbocycles. The summed E-state index contributed by atoms with van der Waals surface area (Å²) >= 11 is 3.43. The Morgan fingerprint density at radius 2 is 2.00 bits per heavy atom. The van der Waals surface area contributed by atoms with Crippen LogP contribution in [-0.2, 0) is 4.79 Å². The molecule has 0 bridgehead atoms. The van der Waals surface area contributed by atoms with E-state index in [9.17, 15) is 4.79 Å². The Morgan fingerprint density at radius 3 is 2.76 bits per heavy atom. The van der Waals surface area contributed by atoms with Crippen molar-refractivity contribution in [3.63, 3.8) is 0 Å². The number of hydrogen-bond donors (Lipinski definition) is 1. The van der Waals surface area contributed by atoms with Crippen molar-refractivity contribution >= 4 is 27.5 Å². The van der Waals surface area contributed by atoms with Crippen LogP contribution < -0.4 is 14.8 Å². The fraction of sp³-hybridized carbons (Fsp3) is 0.188. The average molecular weight is 348 g/mol. The summed E-state index contributed by atoms with van der Waals surface area (Å²) in [5.41, 5.74) is 1.79. The van der Waals surface area contributed by atoms with Gasteiger partial charge in [-0.25, -0.2) is 0 Å². The number of carbonyl (C=O) groups excluding carboxylic acids is 1. The number of para-hydroxylation sites is 2. The quantitative estimate of drug-likeness (QED) is 0.903. The molecule has 108 valence electrons. The zero-order valence-corrected chi connectivity index (χ0v) is 13.0. The van der Waals surface area contributed by atoms with E-state index >= 15 is 0 Å². The van der Waals surface area contributed by atoms with Gasteiger partial charge in [0.2, 0.25) is 6.10 Å². The maximum atomic E-state index is 12.2. The summed E-state index contributed by atoms with van der Waals surface area (Å²) in [6.45, 7) is 2.18. The Balaban J connectivity index is 1.70. The van der Waals surface area contributed by atoms with Crippen molar-refractivity contribution in [1.82, 2.24) is 0 Å². The Hall–Kier alpha value is -2.01. The first kappa shape index (κ1) is 13.9. The van der Waals surface area contributed by atoms with Crippen molar-refractivity contribution in [3.8, 4) is 11.5 Å². The van der Waals surface area contributed by atoms with E-state index in [1.807, 2.05) is 43.3 Å². The zero-order chi connectivity index (χ0) is 14.8. The van der Waals surface area contributed by atoms with Gasteiger partial charge in [-0.1, -0.05) is 28.1 Å². The van der Waals surface area contributed by atoms with E-state index in [4.69, 9.17) is 9.47 Å². The van der Waals surface area contributed by atoms with Crippen LogP contribution in [0.4, 0.5) is 5.69 Å². The first-order chi connectivity index (χ1) is 10.1. The van der Waals surface area contributed by atoms with E-state index in [1.54, 1.807) is 6.07 Å². The molecule has 2 aromatic carbocycles. The number of ether oxygens (including phenoxy) is 2. The van der Waals surface area contributed by atoms with Crippen LogP contribution in [0.5, 0.6) is 11.5 Å². The molecular formula is C16H14BrNO3. The first-order valence-corrected chi connectivity index (χ1v) is 7.38. The number of aryl methyl sites for hydroxylation is 1. The molecule has 2 aromatic rings. The van der Waals surface area contributed by atoms with Crippen molar-refractivity contribution in [3.05, 3.63) is 52.5 Å². The molecule has 4 nitrogen and oxygen atoms in total. The predicted octanol–water partition coefficient (Wildman–Crippen LogP) is 3.54. The maximum Gasteiger partial charge on any atom is 0.269 e. The molecule has 1 N–H and O–H groups in total. The van der Waals surface area contributed by atoms with Crippen LogP contribution in [-0.4, -0.2) is 18.6 Å². The minimum atomic E-state index is -0.649. The summed E-state index contributed by atoms with van der Waals surface area (Å²) in [4.78, 5) is 12.2. The molecule has 1 aliphatic rings. The fourth-order valence-electron chi connectivity index (χ4n) is 2.09. The standard InChI is InChI=1S/C16H14BrNO3/c1-10-8-11(6-7-12(10)17)18-16(19)15-9-20-13-4-2-3-5-14(13)21-15/h2-8,15H,9H2,1H3,(H,18,19). The van der Waals surface area contributed by atoms with Crippen LogP contribution in [0.2, 0.25) is 0 Å². The number of rotatable bonds is 2. The SMILES string of the molecule is Cc1cc(NC(=O)C2COc3ccccc3O2)ccc1Br. The summed E-state index contributed by atoms with van der Waals surface area (Å²) in [6, 6.07) is 13.0. The second-order valence-corrected chi connectivity index (χ2v) is 5.67. The predicted molar refractivity (Wildman–Crippen MR) is 83.9 cm³/mol. The molecule has 0 aliphatic carbocycles. The van der Waals surface area contributed by atoms with Crippen LogP contribution in [0.15, 0.2) is 46.9 Å². The highest BCUT2D eigenvalue weighted by Gasteiger charge is 2.27. The number of amides is 1. The van der Waals surface area contributed by atoms with Gasteiger partial charge in [0.15, 0.2) is 11.5 Å². The van der Waals surface area contributed by atoms with Crippen molar-refractivity contribution in [2.75, 3.05) is 11.9 Å². The maximum absolute atomic E-state index is 12.2. The molecule has 0 spiro atoms. The molecular weight excluding hydrogens is 334 g/mol. The molecule has 1 amide bonds. The molecule has 0 aromatic heterocycles. The number of carbonyl (C=O) groups is 1. The highest BCUT2D eigenvalue weighted by atomic mass is 79.9. The van der Waals surface area contributed by atoms with Crippen molar-refractivity contribution < 1.29 is 14.3 Å². The van der Waals surface area contributed by atoms with Gasteiger partial charge in [0.05, 0.1) is 0 Å². The molecule has 1 atom stereocenters. The van der Waals surface area contributed by atoms with Crippen LogP contribution in [0.3, 0.4) is 0 Å². The van der Waals surface area contributed by atoms with Gasteiger partial charge in [0, 0.05) is 10.2 Å². The Labute approximate surface area is 131 Å². The molecule has 0 saturated heterocycles. The Bertz CT molecular complexity index is 687. The number of fused-ring (bicyclic) bond motifs is 1. The summed E-state index contributed by atoms with van der Waals surface area (Å²) in [6.07, 6.45) is -0.649. The fourth-order valence-corrected chi connectivity index (χ4v) is 2.34. The Kier molecular flexibility index (Phi) is 3.84. The summed E-state index contributed by atoms with van der Waals surface area (Å²) < 4.78 is 12.2. The molecule has 5 heteroatoms. The van der Waals surface area contributed by atoms with E-state index in [2.05, 4.69) is 21.2 Å². The first-order valence-electron chi connectivity index (χ1n) is 6.59. The molecule has 3 rings (SSSR count). The van der Waals surface area contributed by atoms with E-state index in [1.165, 1.54) is 0 Å². The van der Waals surface area contributed by atoms with Gasteiger partial charge in [-0.3, -0.25) is 4.79 Å². The van der Waals surface area contributed by atoms with Crippen molar-refractivity contribution in [1.29, 1.82) is 0 Å². The van der Waals surface area contributed by atoms with Gasteiger partial charge < -0.3 is 14.8 Å². The number of halogens is 1. The van der Waals surface area contributed by atoms with Crippen LogP contribution in [0.1, 0.15) is 5.56 Å².